The van der Waals surface area contributed by atoms with Crippen LogP contribution in [0.3, 0.4) is 0 Å². The van der Waals surface area contributed by atoms with Crippen molar-refractivity contribution < 1.29 is 22.0 Å². The van der Waals surface area contributed by atoms with Gasteiger partial charge >= 0.3 is 6.55 Å². The molecule has 3 rings (SSSR count). The number of benzene rings is 1. The number of amides is 1. The lowest BCUT2D eigenvalue weighted by molar-refractivity contribution is 0.0703. The van der Waals surface area contributed by atoms with Gasteiger partial charge in [0.25, 0.3) is 5.91 Å². The van der Waals surface area contributed by atoms with Crippen molar-refractivity contribution in [3.05, 3.63) is 48.0 Å². The SMILES string of the molecule is CNS(=O)(=O)c1cc(C(=O)NCC(C)c2nc3ccccc3n2C(F)F)n(C)c1. The predicted molar refractivity (Wildman–Crippen MR) is 103 cm³/mol. The fourth-order valence-electron chi connectivity index (χ4n) is 3.07. The molecule has 29 heavy (non-hydrogen) atoms. The van der Waals surface area contributed by atoms with Crippen molar-refractivity contribution >= 4 is 27.0 Å². The number of nitrogens with zero attached hydrogens (tertiary/aromatic N) is 3. The van der Waals surface area contributed by atoms with Crippen LogP contribution in [0, 0.1) is 0 Å². The number of hydrogen-bond donors (Lipinski definition) is 2. The molecule has 0 fully saturated rings. The van der Waals surface area contributed by atoms with Crippen LogP contribution in [0.5, 0.6) is 0 Å². The monoisotopic (exact) mass is 425 g/mol. The van der Waals surface area contributed by atoms with Crippen LogP contribution in [0.2, 0.25) is 0 Å². The lowest BCUT2D eigenvalue weighted by Gasteiger charge is -2.15. The number of halogens is 2. The first-order valence-electron chi connectivity index (χ1n) is 8.78. The highest BCUT2D eigenvalue weighted by molar-refractivity contribution is 7.89. The molecule has 1 unspecified atom stereocenters. The summed E-state index contributed by atoms with van der Waals surface area (Å²) in [4.78, 5) is 16.7. The summed E-state index contributed by atoms with van der Waals surface area (Å²) in [5, 5.41) is 2.66. The van der Waals surface area contributed by atoms with Gasteiger partial charge in [0.2, 0.25) is 10.0 Å². The van der Waals surface area contributed by atoms with Crippen molar-refractivity contribution in [2.45, 2.75) is 24.3 Å². The van der Waals surface area contributed by atoms with Crippen molar-refractivity contribution in [2.24, 2.45) is 7.05 Å². The summed E-state index contributed by atoms with van der Waals surface area (Å²) in [6, 6.07) is 7.84. The van der Waals surface area contributed by atoms with Crippen molar-refractivity contribution in [1.82, 2.24) is 24.2 Å². The van der Waals surface area contributed by atoms with Crippen LogP contribution < -0.4 is 10.0 Å². The number of aryl methyl sites for hydroxylation is 1. The highest BCUT2D eigenvalue weighted by Gasteiger charge is 2.23. The fourth-order valence-corrected chi connectivity index (χ4v) is 3.87. The zero-order valence-electron chi connectivity index (χ0n) is 16.1. The number of fused-ring (bicyclic) bond motifs is 1. The minimum atomic E-state index is -3.69. The molecule has 0 aliphatic carbocycles. The number of nitrogens with one attached hydrogen (secondary N) is 2. The van der Waals surface area contributed by atoms with E-state index in [1.54, 1.807) is 38.2 Å². The number of rotatable bonds is 7. The van der Waals surface area contributed by atoms with Gasteiger partial charge < -0.3 is 9.88 Å². The second-order valence-electron chi connectivity index (χ2n) is 6.60. The van der Waals surface area contributed by atoms with Gasteiger partial charge in [-0.3, -0.25) is 9.36 Å². The van der Waals surface area contributed by atoms with Crippen LogP contribution in [0.1, 0.15) is 35.7 Å². The molecule has 2 N–H and O–H groups in total. The molecular formula is C18H21F2N5O3S. The van der Waals surface area contributed by atoms with E-state index in [4.69, 9.17) is 0 Å². The second-order valence-corrected chi connectivity index (χ2v) is 8.48. The van der Waals surface area contributed by atoms with Gasteiger partial charge in [-0.05, 0) is 25.2 Å². The molecule has 2 heterocycles. The van der Waals surface area contributed by atoms with Gasteiger partial charge in [0.15, 0.2) is 0 Å². The summed E-state index contributed by atoms with van der Waals surface area (Å²) in [7, 11) is -0.864. The lowest BCUT2D eigenvalue weighted by atomic mass is 10.1. The topological polar surface area (TPSA) is 98.0 Å². The quantitative estimate of drug-likeness (QED) is 0.606. The molecule has 0 saturated heterocycles. The highest BCUT2D eigenvalue weighted by Crippen LogP contribution is 2.27. The Balaban J connectivity index is 1.80. The average Bonchev–Trinajstić information content (AvgIpc) is 3.27. The molecule has 8 nitrogen and oxygen atoms in total. The van der Waals surface area contributed by atoms with Gasteiger partial charge in [-0.1, -0.05) is 19.1 Å². The Hall–Kier alpha value is -2.79. The van der Waals surface area contributed by atoms with Gasteiger partial charge in [-0.15, -0.1) is 0 Å². The van der Waals surface area contributed by atoms with Crippen molar-refractivity contribution in [2.75, 3.05) is 13.6 Å². The Morgan fingerprint density at radius 3 is 2.62 bits per heavy atom. The molecule has 11 heteroatoms. The first-order chi connectivity index (χ1) is 13.7. The first-order valence-corrected chi connectivity index (χ1v) is 10.3. The zero-order valence-corrected chi connectivity index (χ0v) is 16.9. The Morgan fingerprint density at radius 1 is 1.28 bits per heavy atom. The molecule has 1 amide bonds. The number of carbonyl (C=O) groups is 1. The lowest BCUT2D eigenvalue weighted by Crippen LogP contribution is -2.30. The zero-order chi connectivity index (χ0) is 21.3. The van der Waals surface area contributed by atoms with Crippen LogP contribution in [-0.4, -0.2) is 42.0 Å². The molecule has 0 aliphatic heterocycles. The molecule has 2 aromatic heterocycles. The van der Waals surface area contributed by atoms with Crippen molar-refractivity contribution in [3.63, 3.8) is 0 Å². The first kappa shape index (κ1) is 20.9. The smallest absolute Gasteiger partial charge is 0.320 e. The van der Waals surface area contributed by atoms with Crippen LogP contribution in [0.4, 0.5) is 8.78 Å². The van der Waals surface area contributed by atoms with Gasteiger partial charge in [0.1, 0.15) is 16.4 Å². The number of aromatic nitrogens is 3. The number of sulfonamides is 1. The van der Waals surface area contributed by atoms with Crippen LogP contribution in [0.25, 0.3) is 11.0 Å². The van der Waals surface area contributed by atoms with Crippen molar-refractivity contribution in [1.29, 1.82) is 0 Å². The van der Waals surface area contributed by atoms with E-state index >= 15 is 0 Å². The van der Waals surface area contributed by atoms with E-state index in [2.05, 4.69) is 15.0 Å². The summed E-state index contributed by atoms with van der Waals surface area (Å²) in [5.41, 5.74) is 0.902. The van der Waals surface area contributed by atoms with E-state index in [-0.39, 0.29) is 23.0 Å². The Kier molecular flexibility index (Phi) is 5.71. The predicted octanol–water partition coefficient (Wildman–Crippen LogP) is 2.21. The third-order valence-electron chi connectivity index (χ3n) is 4.62. The molecule has 0 saturated carbocycles. The fraction of sp³-hybridized carbons (Fsp3) is 0.333. The molecular weight excluding hydrogens is 404 g/mol. The number of alkyl halides is 2. The third kappa shape index (κ3) is 4.01. The van der Waals surface area contributed by atoms with Crippen LogP contribution in [-0.2, 0) is 17.1 Å². The van der Waals surface area contributed by atoms with Crippen LogP contribution in [0.15, 0.2) is 41.4 Å². The molecule has 0 aliphatic rings. The van der Waals surface area contributed by atoms with E-state index in [1.165, 1.54) is 23.9 Å². The molecule has 1 atom stereocenters. The Bertz CT molecular complexity index is 1150. The maximum atomic E-state index is 13.6. The van der Waals surface area contributed by atoms with E-state index in [0.29, 0.717) is 11.0 Å². The van der Waals surface area contributed by atoms with Gasteiger partial charge in [0, 0.05) is 25.7 Å². The van der Waals surface area contributed by atoms with E-state index in [9.17, 15) is 22.0 Å². The standard InChI is InChI=1S/C18H21F2N5O3S/c1-11(16-23-13-6-4-5-7-14(13)25(16)18(19)20)9-22-17(26)15-8-12(10-24(15)3)29(27,28)21-2/h4-8,10-11,18,21H,9H2,1-3H3,(H,22,26). The van der Waals surface area contributed by atoms with Gasteiger partial charge in [0.05, 0.1) is 11.0 Å². The molecule has 0 radical (unpaired) electrons. The molecule has 0 bridgehead atoms. The summed E-state index contributed by atoms with van der Waals surface area (Å²) >= 11 is 0. The molecule has 156 valence electrons. The van der Waals surface area contributed by atoms with E-state index < -0.39 is 28.4 Å². The van der Waals surface area contributed by atoms with E-state index in [0.717, 1.165) is 4.57 Å². The minimum absolute atomic E-state index is 0.0415. The highest BCUT2D eigenvalue weighted by atomic mass is 32.2. The molecule has 0 spiro atoms. The number of para-hydroxylation sites is 2. The van der Waals surface area contributed by atoms with Crippen LogP contribution >= 0.6 is 0 Å². The number of carbonyl (C=O) groups excluding carboxylic acids is 1. The second kappa shape index (κ2) is 7.91. The van der Waals surface area contributed by atoms with Crippen molar-refractivity contribution in [3.8, 4) is 0 Å². The van der Waals surface area contributed by atoms with E-state index in [1.807, 2.05) is 0 Å². The van der Waals surface area contributed by atoms with Gasteiger partial charge in [-0.2, -0.15) is 8.78 Å². The minimum Gasteiger partial charge on any atom is -0.350 e. The van der Waals surface area contributed by atoms with Gasteiger partial charge in [-0.25, -0.2) is 18.1 Å². The summed E-state index contributed by atoms with van der Waals surface area (Å²) < 4.78 is 55.4. The Labute approximate surface area is 166 Å². The largest absolute Gasteiger partial charge is 0.350 e. The summed E-state index contributed by atoms with van der Waals surface area (Å²) in [6.45, 7) is -1.03. The number of hydrogen-bond acceptors (Lipinski definition) is 4. The maximum Gasteiger partial charge on any atom is 0.320 e. The average molecular weight is 425 g/mol. The molecule has 1 aromatic carbocycles. The number of imidazole rings is 1. The normalized spacial score (nSPS) is 13.2. The Morgan fingerprint density at radius 2 is 1.97 bits per heavy atom. The molecule has 3 aromatic rings. The summed E-state index contributed by atoms with van der Waals surface area (Å²) in [6.07, 6.45) is 1.32. The third-order valence-corrected chi connectivity index (χ3v) is 6.00. The maximum absolute atomic E-state index is 13.6. The summed E-state index contributed by atoms with van der Waals surface area (Å²) in [5.74, 6) is -0.857.